The number of ketones is 1. The van der Waals surface area contributed by atoms with Crippen LogP contribution in [0.15, 0.2) is 60.7 Å². The highest BCUT2D eigenvalue weighted by atomic mass is 16.6. The van der Waals surface area contributed by atoms with E-state index >= 15 is 0 Å². The van der Waals surface area contributed by atoms with E-state index in [-0.39, 0.29) is 38.6 Å². The lowest BCUT2D eigenvalue weighted by Crippen LogP contribution is -2.47. The molecule has 0 saturated carbocycles. The molecule has 0 aliphatic rings. The van der Waals surface area contributed by atoms with Gasteiger partial charge in [-0.15, -0.1) is 0 Å². The molecule has 2 aromatic carbocycles. The maximum atomic E-state index is 12.8. The quantitative estimate of drug-likeness (QED) is 0.0778. The van der Waals surface area contributed by atoms with Crippen molar-refractivity contribution in [2.45, 2.75) is 65.1 Å². The van der Waals surface area contributed by atoms with Gasteiger partial charge in [-0.25, -0.2) is 14.5 Å². The number of hydrogen-bond donors (Lipinski definition) is 2. The monoisotopic (exact) mass is 539 g/mol. The third kappa shape index (κ3) is 13.2. The SMILES string of the molecule is CCCCCC(=O)CC(=O)OCCCCN(C(=N)NC(=O)OCc1ccccc1)C(=O)OCc1ccccc1. The molecule has 2 rings (SSSR count). The molecule has 0 saturated heterocycles. The summed E-state index contributed by atoms with van der Waals surface area (Å²) < 4.78 is 15.6. The van der Waals surface area contributed by atoms with Gasteiger partial charge in [0.1, 0.15) is 25.4 Å². The molecule has 0 heterocycles. The van der Waals surface area contributed by atoms with Crippen LogP contribution in [0.4, 0.5) is 9.59 Å². The van der Waals surface area contributed by atoms with Crippen LogP contribution >= 0.6 is 0 Å². The van der Waals surface area contributed by atoms with Gasteiger partial charge in [-0.05, 0) is 30.4 Å². The van der Waals surface area contributed by atoms with Crippen LogP contribution in [0.3, 0.4) is 0 Å². The number of alkyl carbamates (subject to hydrolysis) is 1. The Morgan fingerprint density at radius 2 is 1.41 bits per heavy atom. The van der Waals surface area contributed by atoms with E-state index in [1.165, 1.54) is 0 Å². The van der Waals surface area contributed by atoms with Crippen LogP contribution in [0.5, 0.6) is 0 Å². The number of Topliss-reactive ketones (excluding diaryl/α,β-unsaturated/α-hetero) is 1. The fourth-order valence-electron chi connectivity index (χ4n) is 3.45. The first kappa shape index (κ1) is 31.0. The summed E-state index contributed by atoms with van der Waals surface area (Å²) >= 11 is 0. The number of nitrogens with zero attached hydrogens (tertiary/aromatic N) is 1. The summed E-state index contributed by atoms with van der Waals surface area (Å²) in [5, 5.41) is 10.5. The van der Waals surface area contributed by atoms with Gasteiger partial charge < -0.3 is 14.2 Å². The lowest BCUT2D eigenvalue weighted by Gasteiger charge is -2.22. The summed E-state index contributed by atoms with van der Waals surface area (Å²) in [4.78, 5) is 49.7. The normalized spacial score (nSPS) is 10.3. The van der Waals surface area contributed by atoms with E-state index in [9.17, 15) is 19.2 Å². The Morgan fingerprint density at radius 3 is 2.03 bits per heavy atom. The van der Waals surface area contributed by atoms with E-state index in [2.05, 4.69) is 5.32 Å². The average Bonchev–Trinajstić information content (AvgIpc) is 2.93. The van der Waals surface area contributed by atoms with Gasteiger partial charge in [-0.2, -0.15) is 0 Å². The number of guanidine groups is 1. The number of carbonyl (C=O) groups excluding carboxylic acids is 4. The van der Waals surface area contributed by atoms with Crippen LogP contribution in [0.25, 0.3) is 0 Å². The van der Waals surface area contributed by atoms with Gasteiger partial charge in [0.2, 0.25) is 5.96 Å². The minimum atomic E-state index is -0.887. The van der Waals surface area contributed by atoms with Gasteiger partial charge in [-0.3, -0.25) is 20.3 Å². The number of hydrogen-bond acceptors (Lipinski definition) is 8. The van der Waals surface area contributed by atoms with Crippen molar-refractivity contribution < 1.29 is 33.4 Å². The Bertz CT molecular complexity index is 1060. The molecule has 39 heavy (non-hydrogen) atoms. The first-order valence-corrected chi connectivity index (χ1v) is 13.1. The largest absolute Gasteiger partial charge is 0.465 e. The zero-order valence-corrected chi connectivity index (χ0v) is 22.4. The van der Waals surface area contributed by atoms with Gasteiger partial charge >= 0.3 is 18.2 Å². The Kier molecular flexibility index (Phi) is 14.4. The maximum Gasteiger partial charge on any atom is 0.416 e. The Balaban J connectivity index is 1.83. The molecule has 210 valence electrons. The number of amides is 2. The number of benzene rings is 2. The summed E-state index contributed by atoms with van der Waals surface area (Å²) in [7, 11) is 0. The molecule has 0 spiro atoms. The number of esters is 1. The number of unbranched alkanes of at least 4 members (excludes halogenated alkanes) is 3. The van der Waals surface area contributed by atoms with Crippen LogP contribution in [0.2, 0.25) is 0 Å². The van der Waals surface area contributed by atoms with E-state index in [1.807, 2.05) is 43.3 Å². The lowest BCUT2D eigenvalue weighted by molar-refractivity contribution is -0.146. The molecule has 0 fully saturated rings. The van der Waals surface area contributed by atoms with Crippen molar-refractivity contribution in [3.63, 3.8) is 0 Å². The third-order valence-corrected chi connectivity index (χ3v) is 5.57. The highest BCUT2D eigenvalue weighted by Crippen LogP contribution is 2.07. The topological polar surface area (TPSA) is 135 Å². The average molecular weight is 540 g/mol. The van der Waals surface area contributed by atoms with E-state index in [0.717, 1.165) is 35.3 Å². The predicted molar refractivity (Wildman–Crippen MR) is 145 cm³/mol. The maximum absolute atomic E-state index is 12.8. The van der Waals surface area contributed by atoms with Gasteiger partial charge in [0.15, 0.2) is 0 Å². The zero-order chi connectivity index (χ0) is 28.3. The molecule has 2 amide bonds. The fourth-order valence-corrected chi connectivity index (χ4v) is 3.45. The number of rotatable bonds is 15. The molecule has 10 nitrogen and oxygen atoms in total. The molecule has 2 aromatic rings. The molecule has 0 aromatic heterocycles. The van der Waals surface area contributed by atoms with Gasteiger partial charge in [0, 0.05) is 13.0 Å². The second-order valence-electron chi connectivity index (χ2n) is 8.83. The van der Waals surface area contributed by atoms with Gasteiger partial charge in [0.25, 0.3) is 0 Å². The minimum absolute atomic E-state index is 0.00484. The minimum Gasteiger partial charge on any atom is -0.465 e. The summed E-state index contributed by atoms with van der Waals surface area (Å²) in [6, 6.07) is 18.1. The molecule has 10 heteroatoms. The summed E-state index contributed by atoms with van der Waals surface area (Å²) in [6.07, 6.45) is 1.84. The van der Waals surface area contributed by atoms with Crippen molar-refractivity contribution in [2.24, 2.45) is 0 Å². The van der Waals surface area contributed by atoms with Crippen LogP contribution in [0.1, 0.15) is 63.0 Å². The molecule has 0 bridgehead atoms. The van der Waals surface area contributed by atoms with E-state index in [1.54, 1.807) is 24.3 Å². The smallest absolute Gasteiger partial charge is 0.416 e. The number of nitrogens with one attached hydrogen (secondary N) is 2. The molecular weight excluding hydrogens is 502 g/mol. The van der Waals surface area contributed by atoms with Crippen molar-refractivity contribution in [2.75, 3.05) is 13.2 Å². The van der Waals surface area contributed by atoms with Crippen LogP contribution in [0, 0.1) is 5.41 Å². The molecule has 0 aliphatic carbocycles. The van der Waals surface area contributed by atoms with Crippen molar-refractivity contribution >= 4 is 29.9 Å². The summed E-state index contributed by atoms with van der Waals surface area (Å²) in [5.74, 6) is -1.22. The molecule has 2 N–H and O–H groups in total. The van der Waals surface area contributed by atoms with Gasteiger partial charge in [0.05, 0.1) is 6.61 Å². The van der Waals surface area contributed by atoms with Crippen LogP contribution in [-0.4, -0.2) is 48.0 Å². The van der Waals surface area contributed by atoms with Crippen molar-refractivity contribution in [1.82, 2.24) is 10.2 Å². The molecule has 0 atom stereocenters. The molecular formula is C29H37N3O7. The first-order chi connectivity index (χ1) is 18.9. The highest BCUT2D eigenvalue weighted by Gasteiger charge is 2.22. The second kappa shape index (κ2) is 18.1. The van der Waals surface area contributed by atoms with Crippen LogP contribution < -0.4 is 5.32 Å². The van der Waals surface area contributed by atoms with Crippen molar-refractivity contribution in [3.8, 4) is 0 Å². The van der Waals surface area contributed by atoms with Gasteiger partial charge in [-0.1, -0.05) is 80.4 Å². The summed E-state index contributed by atoms with van der Waals surface area (Å²) in [6.45, 7) is 2.13. The lowest BCUT2D eigenvalue weighted by atomic mass is 10.1. The van der Waals surface area contributed by atoms with Crippen LogP contribution in [-0.2, 0) is 37.0 Å². The fraction of sp³-hybridized carbons (Fsp3) is 0.414. The predicted octanol–water partition coefficient (Wildman–Crippen LogP) is 5.35. The molecule has 0 unspecified atom stereocenters. The number of carbonyl (C=O) groups is 4. The Labute approximate surface area is 229 Å². The Morgan fingerprint density at radius 1 is 0.795 bits per heavy atom. The molecule has 0 radical (unpaired) electrons. The highest BCUT2D eigenvalue weighted by molar-refractivity contribution is 5.99. The van der Waals surface area contributed by atoms with E-state index in [4.69, 9.17) is 19.6 Å². The summed E-state index contributed by atoms with van der Waals surface area (Å²) in [5.41, 5.74) is 1.54. The Hall–Kier alpha value is -4.21. The van der Waals surface area contributed by atoms with Crippen molar-refractivity contribution in [3.05, 3.63) is 71.8 Å². The standard InChI is InChI=1S/C29H37N3O7/c1-2-3-6-17-25(33)20-26(34)37-19-12-11-18-32(29(36)39-22-24-15-9-5-10-16-24)27(30)31-28(35)38-21-23-13-7-4-8-14-23/h4-5,7-10,13-16H,2-3,6,11-12,17-22H2,1H3,(H2,30,31,35). The van der Waals surface area contributed by atoms with E-state index in [0.29, 0.717) is 19.3 Å². The van der Waals surface area contributed by atoms with E-state index < -0.39 is 24.1 Å². The second-order valence-corrected chi connectivity index (χ2v) is 8.83. The first-order valence-electron chi connectivity index (χ1n) is 13.1. The third-order valence-electron chi connectivity index (χ3n) is 5.57. The zero-order valence-electron chi connectivity index (χ0n) is 22.4. The van der Waals surface area contributed by atoms with Crippen molar-refractivity contribution in [1.29, 1.82) is 5.41 Å². The number of ether oxygens (including phenoxy) is 3. The molecule has 0 aliphatic heterocycles.